The lowest BCUT2D eigenvalue weighted by Crippen LogP contribution is -2.60. The zero-order chi connectivity index (χ0) is 34.4. The summed E-state index contributed by atoms with van der Waals surface area (Å²) in [5.74, 6) is 0. The van der Waals surface area contributed by atoms with Crippen LogP contribution >= 0.6 is 0 Å². The number of aromatic nitrogens is 2. The van der Waals surface area contributed by atoms with E-state index in [1.807, 2.05) is 0 Å². The van der Waals surface area contributed by atoms with Gasteiger partial charge in [-0.1, -0.05) is 105 Å². The van der Waals surface area contributed by atoms with Gasteiger partial charge in [0, 0.05) is 44.3 Å². The first kappa shape index (κ1) is 27.9. The fourth-order valence-electron chi connectivity index (χ4n) is 11.6. The summed E-state index contributed by atoms with van der Waals surface area (Å²) in [5, 5.41) is 6.90. The van der Waals surface area contributed by atoms with Crippen LogP contribution in [0.1, 0.15) is 58.5 Å². The SMILES string of the molecule is CCc1cc2c3c(c1)c1cc(CC)cc4c1n3-c1c(ccc3c1B2c1c2ccccc2cc2c(C)c(C)n-3c12)C41c2ccccc2-c2ccccc21. The Kier molecular flexibility index (Phi) is 4.81. The molecule has 1 spiro atoms. The van der Waals surface area contributed by atoms with Gasteiger partial charge >= 0.3 is 0 Å². The molecule has 0 saturated carbocycles. The number of nitrogens with zero attached hydrogens (tertiary/aromatic N) is 2. The molecule has 5 heterocycles. The van der Waals surface area contributed by atoms with Crippen molar-refractivity contribution in [1.82, 2.24) is 9.13 Å². The molecule has 1 aliphatic carbocycles. The summed E-state index contributed by atoms with van der Waals surface area (Å²) >= 11 is 0. The number of hydrogen-bond donors (Lipinski definition) is 0. The molecule has 3 heteroatoms. The van der Waals surface area contributed by atoms with Crippen molar-refractivity contribution in [1.29, 1.82) is 0 Å². The lowest BCUT2D eigenvalue weighted by molar-refractivity contribution is 0.747. The fourth-order valence-corrected chi connectivity index (χ4v) is 11.6. The minimum atomic E-state index is -0.434. The number of benzene rings is 7. The van der Waals surface area contributed by atoms with E-state index >= 15 is 0 Å². The summed E-state index contributed by atoms with van der Waals surface area (Å²) < 4.78 is 5.37. The molecule has 0 atom stereocenters. The van der Waals surface area contributed by atoms with Gasteiger partial charge < -0.3 is 9.13 Å². The van der Waals surface area contributed by atoms with Crippen molar-refractivity contribution < 1.29 is 0 Å². The first-order chi connectivity index (χ1) is 25.6. The third kappa shape index (κ3) is 2.78. The van der Waals surface area contributed by atoms with Crippen LogP contribution in [0.25, 0.3) is 66.0 Å². The van der Waals surface area contributed by atoms with E-state index in [1.165, 1.54) is 127 Å². The second-order valence-electron chi connectivity index (χ2n) is 15.8. The van der Waals surface area contributed by atoms with Gasteiger partial charge in [0.05, 0.1) is 10.9 Å². The molecule has 0 fully saturated rings. The van der Waals surface area contributed by atoms with Crippen LogP contribution < -0.4 is 16.4 Å². The number of aryl methyl sites for hydroxylation is 3. The third-order valence-electron chi connectivity index (χ3n) is 13.8. The maximum Gasteiger partial charge on any atom is 0.253 e. The Balaban J connectivity index is 1.35. The molecule has 0 amide bonds. The lowest BCUT2D eigenvalue weighted by atomic mass is 9.33. The van der Waals surface area contributed by atoms with Crippen LogP contribution in [-0.2, 0) is 18.3 Å². The zero-order valence-electron chi connectivity index (χ0n) is 29.9. The highest BCUT2D eigenvalue weighted by molar-refractivity contribution is 7.01. The minimum absolute atomic E-state index is 0.113. The molecule has 52 heavy (non-hydrogen) atoms. The number of rotatable bonds is 2. The van der Waals surface area contributed by atoms with E-state index in [4.69, 9.17) is 0 Å². The molecular formula is C49H35BN2. The van der Waals surface area contributed by atoms with Crippen LogP contribution in [0.3, 0.4) is 0 Å². The van der Waals surface area contributed by atoms with Crippen LogP contribution in [0.4, 0.5) is 0 Å². The second kappa shape index (κ2) is 8.98. The Bertz CT molecular complexity index is 3140. The molecule has 0 saturated heterocycles. The van der Waals surface area contributed by atoms with Crippen LogP contribution in [0.15, 0.2) is 115 Å². The van der Waals surface area contributed by atoms with E-state index in [0.29, 0.717) is 0 Å². The van der Waals surface area contributed by atoms with Gasteiger partial charge in [0.15, 0.2) is 0 Å². The van der Waals surface area contributed by atoms with Crippen molar-refractivity contribution in [2.45, 2.75) is 46.0 Å². The maximum atomic E-state index is 2.74. The molecule has 2 aromatic heterocycles. The van der Waals surface area contributed by atoms with E-state index in [-0.39, 0.29) is 6.71 Å². The van der Waals surface area contributed by atoms with E-state index in [1.54, 1.807) is 0 Å². The summed E-state index contributed by atoms with van der Waals surface area (Å²) in [5.41, 5.74) is 24.8. The summed E-state index contributed by atoms with van der Waals surface area (Å²) in [6.07, 6.45) is 2.00. The van der Waals surface area contributed by atoms with E-state index in [2.05, 4.69) is 152 Å². The van der Waals surface area contributed by atoms with Crippen molar-refractivity contribution in [3.63, 3.8) is 0 Å². The molecule has 0 unspecified atom stereocenters. The van der Waals surface area contributed by atoms with Crippen LogP contribution in [0.5, 0.6) is 0 Å². The topological polar surface area (TPSA) is 9.86 Å². The molecule has 9 aromatic rings. The molecule has 0 bridgehead atoms. The van der Waals surface area contributed by atoms with E-state index in [9.17, 15) is 0 Å². The van der Waals surface area contributed by atoms with E-state index in [0.717, 1.165) is 12.8 Å². The molecule has 244 valence electrons. The first-order valence-electron chi connectivity index (χ1n) is 19.1. The average molecular weight is 663 g/mol. The Morgan fingerprint density at radius 2 is 1.21 bits per heavy atom. The van der Waals surface area contributed by atoms with Crippen molar-refractivity contribution in [2.75, 3.05) is 0 Å². The molecule has 13 rings (SSSR count). The van der Waals surface area contributed by atoms with Crippen LogP contribution in [-0.4, -0.2) is 15.8 Å². The Labute approximate surface area is 303 Å². The Morgan fingerprint density at radius 3 is 1.96 bits per heavy atom. The third-order valence-corrected chi connectivity index (χ3v) is 13.8. The Hall–Kier alpha value is -5.80. The lowest BCUT2D eigenvalue weighted by Gasteiger charge is -2.44. The summed E-state index contributed by atoms with van der Waals surface area (Å²) in [6, 6.07) is 45.4. The highest BCUT2D eigenvalue weighted by atomic mass is 15.1. The summed E-state index contributed by atoms with van der Waals surface area (Å²) in [7, 11) is 0. The zero-order valence-corrected chi connectivity index (χ0v) is 29.9. The van der Waals surface area contributed by atoms with Gasteiger partial charge in [-0.2, -0.15) is 0 Å². The first-order valence-corrected chi connectivity index (χ1v) is 19.1. The minimum Gasteiger partial charge on any atom is -0.315 e. The highest BCUT2D eigenvalue weighted by Crippen LogP contribution is 2.61. The molecule has 4 aliphatic rings. The second-order valence-corrected chi connectivity index (χ2v) is 15.8. The normalized spacial score (nSPS) is 14.8. The van der Waals surface area contributed by atoms with Crippen molar-refractivity contribution in [2.24, 2.45) is 0 Å². The molecule has 7 aromatic carbocycles. The van der Waals surface area contributed by atoms with Gasteiger partial charge in [-0.05, 0) is 128 Å². The van der Waals surface area contributed by atoms with Crippen LogP contribution in [0, 0.1) is 13.8 Å². The van der Waals surface area contributed by atoms with Crippen molar-refractivity contribution >= 4 is 66.6 Å². The molecule has 3 aliphatic heterocycles. The smallest absolute Gasteiger partial charge is 0.253 e. The molecule has 2 nitrogen and oxygen atoms in total. The monoisotopic (exact) mass is 662 g/mol. The van der Waals surface area contributed by atoms with Gasteiger partial charge in [-0.15, -0.1) is 0 Å². The highest BCUT2D eigenvalue weighted by Gasteiger charge is 2.54. The maximum absolute atomic E-state index is 2.74. The van der Waals surface area contributed by atoms with Crippen molar-refractivity contribution in [3.05, 3.63) is 160 Å². The summed E-state index contributed by atoms with van der Waals surface area (Å²) in [6.45, 7) is 9.42. The van der Waals surface area contributed by atoms with Crippen LogP contribution in [0.2, 0.25) is 0 Å². The summed E-state index contributed by atoms with van der Waals surface area (Å²) in [4.78, 5) is 0. The number of fused-ring (bicyclic) bond motifs is 13. The average Bonchev–Trinajstić information content (AvgIpc) is 3.77. The van der Waals surface area contributed by atoms with E-state index < -0.39 is 5.41 Å². The molecule has 0 radical (unpaired) electrons. The van der Waals surface area contributed by atoms with Gasteiger partial charge in [-0.25, -0.2) is 0 Å². The van der Waals surface area contributed by atoms with Gasteiger partial charge in [0.1, 0.15) is 0 Å². The van der Waals surface area contributed by atoms with Crippen molar-refractivity contribution in [3.8, 4) is 22.5 Å². The van der Waals surface area contributed by atoms with Gasteiger partial charge in [0.2, 0.25) is 0 Å². The quantitative estimate of drug-likeness (QED) is 0.163. The fraction of sp³-hybridized carbons (Fsp3) is 0.143. The predicted molar refractivity (Wildman–Crippen MR) is 219 cm³/mol. The Morgan fingerprint density at radius 1 is 0.538 bits per heavy atom. The molecule has 0 N–H and O–H groups in total. The largest absolute Gasteiger partial charge is 0.315 e. The van der Waals surface area contributed by atoms with Gasteiger partial charge in [-0.3, -0.25) is 0 Å². The predicted octanol–water partition coefficient (Wildman–Crippen LogP) is 9.44. The standard InChI is InChI=1S/C49H35BN2/c1-5-28-21-35-36-22-29(6-2)24-41-46(36)52-45(35)40(23-28)49(37-17-11-9-15-32(37)33-16-10-12-18-38(33)49)39-19-20-42-44(48(39)52)50(41)43-31-14-8-7-13-30(31)25-34-26(3)27(4)51(42)47(34)43/h7-25H,5-6H2,1-4H3. The van der Waals surface area contributed by atoms with Gasteiger partial charge in [0.25, 0.3) is 6.71 Å². The molecular weight excluding hydrogens is 627 g/mol. The number of hydrogen-bond acceptors (Lipinski definition) is 0.